The Balaban J connectivity index is 1.95. The highest BCUT2D eigenvalue weighted by molar-refractivity contribution is 7.99. The highest BCUT2D eigenvalue weighted by atomic mass is 32.2. The maximum atomic E-state index is 12.2. The summed E-state index contributed by atoms with van der Waals surface area (Å²) in [7, 11) is 0. The van der Waals surface area contributed by atoms with Crippen molar-refractivity contribution in [3.63, 3.8) is 0 Å². The summed E-state index contributed by atoms with van der Waals surface area (Å²) in [5.41, 5.74) is -0.251. The van der Waals surface area contributed by atoms with E-state index in [1.807, 2.05) is 26.3 Å². The number of aromatic amines is 1. The maximum Gasteiger partial charge on any atom is 0.294 e. The molecule has 2 heterocycles. The van der Waals surface area contributed by atoms with Crippen LogP contribution in [0.25, 0.3) is 0 Å². The van der Waals surface area contributed by atoms with Gasteiger partial charge >= 0.3 is 0 Å². The first-order chi connectivity index (χ1) is 11.6. The molecule has 2 rings (SSSR count). The predicted molar refractivity (Wildman–Crippen MR) is 96.9 cm³/mol. The molecule has 24 heavy (non-hydrogen) atoms. The largest absolute Gasteiger partial charge is 0.458 e. The molecule has 0 saturated carbocycles. The lowest BCUT2D eigenvalue weighted by atomic mass is 9.89. The number of nitrogens with zero attached hydrogens (tertiary/aromatic N) is 2. The van der Waals surface area contributed by atoms with Gasteiger partial charge in [0.05, 0.1) is 12.8 Å². The van der Waals surface area contributed by atoms with Crippen molar-refractivity contribution < 1.29 is 9.47 Å². The highest BCUT2D eigenvalue weighted by Gasteiger charge is 2.22. The standard InChI is InChI=1S/C17H25N3O3S/c1-4-10-22-14(5-2)23-13-11-19-16(20-15(13)21)24-12-17(3)6-8-18-9-7-17/h6,8-9,11,14H,4-5,7,10,12H2,1-3H3,(H,19,20,21)/t14?,17-/m0/s1. The molecule has 0 spiro atoms. The van der Waals surface area contributed by atoms with Gasteiger partial charge in [-0.25, -0.2) is 4.98 Å². The van der Waals surface area contributed by atoms with E-state index in [0.29, 0.717) is 18.2 Å². The number of hydrogen-bond acceptors (Lipinski definition) is 6. The van der Waals surface area contributed by atoms with Gasteiger partial charge < -0.3 is 9.47 Å². The van der Waals surface area contributed by atoms with Crippen LogP contribution in [0.5, 0.6) is 5.75 Å². The van der Waals surface area contributed by atoms with E-state index in [2.05, 4.69) is 28.0 Å². The Bertz CT molecular complexity index is 644. The van der Waals surface area contributed by atoms with Crippen molar-refractivity contribution >= 4 is 18.0 Å². The van der Waals surface area contributed by atoms with Crippen LogP contribution in [0, 0.1) is 5.41 Å². The summed E-state index contributed by atoms with van der Waals surface area (Å²) >= 11 is 1.52. The van der Waals surface area contributed by atoms with Crippen LogP contribution in [0.15, 0.2) is 33.4 Å². The smallest absolute Gasteiger partial charge is 0.294 e. The van der Waals surface area contributed by atoms with E-state index in [1.165, 1.54) is 18.0 Å². The second kappa shape index (κ2) is 9.03. The van der Waals surface area contributed by atoms with Crippen LogP contribution >= 0.6 is 11.8 Å². The molecule has 2 atom stereocenters. The minimum atomic E-state index is -0.420. The van der Waals surface area contributed by atoms with Crippen LogP contribution in [-0.2, 0) is 4.74 Å². The van der Waals surface area contributed by atoms with E-state index in [9.17, 15) is 4.79 Å². The van der Waals surface area contributed by atoms with E-state index >= 15 is 0 Å². The second-order valence-corrected chi connectivity index (χ2v) is 6.97. The summed E-state index contributed by atoms with van der Waals surface area (Å²) in [5.74, 6) is 1.01. The SMILES string of the molecule is CCCOC(CC)Oc1cnc(SC[C@@]2(C)C=CN=CC2)[nH]c1=O. The van der Waals surface area contributed by atoms with Gasteiger partial charge in [0.1, 0.15) is 0 Å². The van der Waals surface area contributed by atoms with Crippen LogP contribution in [0.2, 0.25) is 0 Å². The zero-order chi connectivity index (χ0) is 17.4. The molecular formula is C17H25N3O3S. The lowest BCUT2D eigenvalue weighted by Crippen LogP contribution is -2.24. The minimum Gasteiger partial charge on any atom is -0.458 e. The van der Waals surface area contributed by atoms with E-state index in [4.69, 9.17) is 9.47 Å². The molecule has 1 aromatic heterocycles. The van der Waals surface area contributed by atoms with Crippen molar-refractivity contribution in [2.45, 2.75) is 51.5 Å². The van der Waals surface area contributed by atoms with Crippen molar-refractivity contribution in [1.29, 1.82) is 0 Å². The van der Waals surface area contributed by atoms with E-state index in [0.717, 1.165) is 18.6 Å². The fourth-order valence-electron chi connectivity index (χ4n) is 2.10. The molecule has 6 nitrogen and oxygen atoms in total. The Hall–Kier alpha value is -1.60. The third-order valence-electron chi connectivity index (χ3n) is 3.61. The van der Waals surface area contributed by atoms with Crippen LogP contribution in [0.1, 0.15) is 40.0 Å². The van der Waals surface area contributed by atoms with Gasteiger partial charge in [0.15, 0.2) is 11.4 Å². The summed E-state index contributed by atoms with van der Waals surface area (Å²) < 4.78 is 11.1. The monoisotopic (exact) mass is 351 g/mol. The zero-order valence-corrected chi connectivity index (χ0v) is 15.3. The zero-order valence-electron chi connectivity index (χ0n) is 14.4. The maximum absolute atomic E-state index is 12.2. The Labute approximate surface area is 146 Å². The van der Waals surface area contributed by atoms with Crippen LogP contribution in [-0.4, -0.2) is 34.8 Å². The molecule has 0 bridgehead atoms. The molecule has 7 heteroatoms. The van der Waals surface area contributed by atoms with Gasteiger partial charge in [0.25, 0.3) is 5.56 Å². The van der Waals surface area contributed by atoms with Gasteiger partial charge in [-0.2, -0.15) is 0 Å². The van der Waals surface area contributed by atoms with Gasteiger partial charge in [-0.05, 0) is 12.8 Å². The Morgan fingerprint density at radius 3 is 2.92 bits per heavy atom. The molecule has 0 aromatic carbocycles. The first-order valence-corrected chi connectivity index (χ1v) is 9.24. The lowest BCUT2D eigenvalue weighted by Gasteiger charge is -2.24. The average molecular weight is 351 g/mol. The first-order valence-electron chi connectivity index (χ1n) is 8.26. The van der Waals surface area contributed by atoms with Gasteiger partial charge in [0.2, 0.25) is 5.75 Å². The number of aromatic nitrogens is 2. The highest BCUT2D eigenvalue weighted by Crippen LogP contribution is 2.31. The number of thioether (sulfide) groups is 1. The summed E-state index contributed by atoms with van der Waals surface area (Å²) in [6.07, 6.45) is 9.33. The number of hydrogen-bond donors (Lipinski definition) is 1. The van der Waals surface area contributed by atoms with E-state index < -0.39 is 6.29 Å². The molecule has 0 fully saturated rings. The lowest BCUT2D eigenvalue weighted by molar-refractivity contribution is -0.0822. The first kappa shape index (κ1) is 18.7. The number of allylic oxidation sites excluding steroid dienone is 1. The molecule has 0 amide bonds. The molecule has 1 unspecified atom stereocenters. The normalized spacial score (nSPS) is 21.0. The Kier molecular flexibility index (Phi) is 7.05. The number of nitrogens with one attached hydrogen (secondary N) is 1. The number of aliphatic imine (C=N–C) groups is 1. The van der Waals surface area contributed by atoms with Gasteiger partial charge in [-0.3, -0.25) is 14.8 Å². The Morgan fingerprint density at radius 2 is 2.29 bits per heavy atom. The van der Waals surface area contributed by atoms with Crippen LogP contribution in [0.4, 0.5) is 0 Å². The minimum absolute atomic E-state index is 0.0292. The van der Waals surface area contributed by atoms with Crippen molar-refractivity contribution in [3.05, 3.63) is 28.8 Å². The van der Waals surface area contributed by atoms with Crippen LogP contribution in [0.3, 0.4) is 0 Å². The number of ether oxygens (including phenoxy) is 2. The molecule has 0 saturated heterocycles. The third kappa shape index (κ3) is 5.49. The summed E-state index contributed by atoms with van der Waals surface area (Å²) in [6, 6.07) is 0. The molecular weight excluding hydrogens is 326 g/mol. The molecule has 1 aliphatic rings. The van der Waals surface area contributed by atoms with Gasteiger partial charge in [0, 0.05) is 30.0 Å². The van der Waals surface area contributed by atoms with Crippen molar-refractivity contribution in [2.75, 3.05) is 12.4 Å². The third-order valence-corrected chi connectivity index (χ3v) is 4.89. The average Bonchev–Trinajstić information content (AvgIpc) is 2.59. The van der Waals surface area contributed by atoms with Gasteiger partial charge in [-0.15, -0.1) is 0 Å². The molecule has 1 N–H and O–H groups in total. The van der Waals surface area contributed by atoms with Crippen molar-refractivity contribution in [1.82, 2.24) is 9.97 Å². The van der Waals surface area contributed by atoms with Gasteiger partial charge in [-0.1, -0.05) is 38.6 Å². The quantitative estimate of drug-likeness (QED) is 0.419. The fraction of sp³-hybridized carbons (Fsp3) is 0.588. The van der Waals surface area contributed by atoms with E-state index in [1.54, 1.807) is 0 Å². The Morgan fingerprint density at radius 1 is 1.46 bits per heavy atom. The molecule has 0 aliphatic carbocycles. The number of rotatable bonds is 9. The van der Waals surface area contributed by atoms with E-state index in [-0.39, 0.29) is 16.7 Å². The second-order valence-electron chi connectivity index (χ2n) is 6.00. The summed E-state index contributed by atoms with van der Waals surface area (Å²) in [6.45, 7) is 6.75. The molecule has 1 aromatic rings. The molecule has 1 aliphatic heterocycles. The number of H-pyrrole nitrogens is 1. The summed E-state index contributed by atoms with van der Waals surface area (Å²) in [4.78, 5) is 23.3. The van der Waals surface area contributed by atoms with Crippen molar-refractivity contribution in [2.24, 2.45) is 10.4 Å². The van der Waals surface area contributed by atoms with Crippen molar-refractivity contribution in [3.8, 4) is 5.75 Å². The molecule has 0 radical (unpaired) electrons. The predicted octanol–water partition coefficient (Wildman–Crippen LogP) is 3.40. The fourth-order valence-corrected chi connectivity index (χ4v) is 3.08. The molecule has 132 valence electrons. The van der Waals surface area contributed by atoms with Crippen LogP contribution < -0.4 is 10.3 Å². The summed E-state index contributed by atoms with van der Waals surface area (Å²) in [5, 5.41) is 0.590. The topological polar surface area (TPSA) is 76.6 Å².